The van der Waals surface area contributed by atoms with Gasteiger partial charge >= 0.3 is 0 Å². The molecule has 2 amide bonds. The lowest BCUT2D eigenvalue weighted by molar-refractivity contribution is 0.0587. The molecular weight excluding hydrogens is 410 g/mol. The maximum absolute atomic E-state index is 12.9. The highest BCUT2D eigenvalue weighted by Crippen LogP contribution is 2.21. The topological polar surface area (TPSA) is 86.8 Å². The third-order valence-corrected chi connectivity index (χ3v) is 8.06. The van der Waals surface area contributed by atoms with E-state index in [0.29, 0.717) is 48.7 Å². The van der Waals surface area contributed by atoms with Crippen LogP contribution < -0.4 is 5.32 Å². The van der Waals surface area contributed by atoms with Crippen LogP contribution in [0.5, 0.6) is 0 Å². The molecule has 0 radical (unpaired) electrons. The molecule has 0 bridgehead atoms. The molecule has 9 heteroatoms. The predicted molar refractivity (Wildman–Crippen MR) is 113 cm³/mol. The van der Waals surface area contributed by atoms with E-state index in [2.05, 4.69) is 10.2 Å². The summed E-state index contributed by atoms with van der Waals surface area (Å²) in [6.45, 7) is 2.50. The van der Waals surface area contributed by atoms with E-state index in [9.17, 15) is 18.0 Å². The lowest BCUT2D eigenvalue weighted by Crippen LogP contribution is -2.52. The fraction of sp³-hybridized carbons (Fsp3) is 0.400. The van der Waals surface area contributed by atoms with Crippen molar-refractivity contribution in [3.8, 4) is 0 Å². The first-order chi connectivity index (χ1) is 13.9. The fourth-order valence-electron chi connectivity index (χ4n) is 3.87. The summed E-state index contributed by atoms with van der Waals surface area (Å²) in [7, 11) is -2.90. The molecule has 1 N–H and O–H groups in total. The minimum atomic E-state index is -2.90. The highest BCUT2D eigenvalue weighted by molar-refractivity contribution is 7.91. The lowest BCUT2D eigenvalue weighted by Gasteiger charge is -2.37. The van der Waals surface area contributed by atoms with Crippen LogP contribution >= 0.6 is 11.3 Å². The average Bonchev–Trinajstić information content (AvgIpc) is 3.37. The second-order valence-corrected chi connectivity index (χ2v) is 10.6. The van der Waals surface area contributed by atoms with Gasteiger partial charge < -0.3 is 10.2 Å². The van der Waals surface area contributed by atoms with E-state index in [4.69, 9.17) is 0 Å². The summed E-state index contributed by atoms with van der Waals surface area (Å²) < 4.78 is 23.4. The van der Waals surface area contributed by atoms with Crippen LogP contribution in [0.25, 0.3) is 0 Å². The normalized spacial score (nSPS) is 21.8. The molecule has 1 aromatic heterocycles. The molecule has 0 unspecified atom stereocenters. The van der Waals surface area contributed by atoms with Gasteiger partial charge in [0.15, 0.2) is 9.84 Å². The summed E-state index contributed by atoms with van der Waals surface area (Å²) in [4.78, 5) is 29.7. The van der Waals surface area contributed by atoms with Crippen molar-refractivity contribution in [2.24, 2.45) is 0 Å². The Hall–Kier alpha value is -2.23. The van der Waals surface area contributed by atoms with Gasteiger partial charge in [-0.15, -0.1) is 11.3 Å². The number of carbonyl (C=O) groups excluding carboxylic acids is 2. The Balaban J connectivity index is 1.36. The molecule has 2 fully saturated rings. The number of nitrogens with zero attached hydrogens (tertiary/aromatic N) is 2. The highest BCUT2D eigenvalue weighted by atomic mass is 32.2. The molecule has 2 aliphatic rings. The second kappa shape index (κ2) is 8.25. The Morgan fingerprint density at radius 3 is 2.52 bits per heavy atom. The molecular formula is C20H23N3O4S2. The van der Waals surface area contributed by atoms with Crippen molar-refractivity contribution in [1.82, 2.24) is 9.80 Å². The summed E-state index contributed by atoms with van der Waals surface area (Å²) in [6.07, 6.45) is 0.683. The second-order valence-electron chi connectivity index (χ2n) is 7.40. The first kappa shape index (κ1) is 20.1. The minimum absolute atomic E-state index is 0.0732. The van der Waals surface area contributed by atoms with Gasteiger partial charge in [0, 0.05) is 43.5 Å². The van der Waals surface area contributed by atoms with E-state index in [1.165, 1.54) is 11.3 Å². The van der Waals surface area contributed by atoms with E-state index < -0.39 is 9.84 Å². The summed E-state index contributed by atoms with van der Waals surface area (Å²) in [6, 6.07) is 10.6. The van der Waals surface area contributed by atoms with Gasteiger partial charge in [-0.3, -0.25) is 14.5 Å². The smallest absolute Gasteiger partial charge is 0.265 e. The van der Waals surface area contributed by atoms with E-state index in [-0.39, 0.29) is 29.4 Å². The molecule has 2 aliphatic heterocycles. The summed E-state index contributed by atoms with van der Waals surface area (Å²) in [5, 5.41) is 4.67. The number of carbonyl (C=O) groups is 2. The van der Waals surface area contributed by atoms with Crippen LogP contribution in [0.4, 0.5) is 5.69 Å². The molecule has 3 heterocycles. The Morgan fingerprint density at radius 1 is 1.07 bits per heavy atom. The van der Waals surface area contributed by atoms with Gasteiger partial charge in [0.05, 0.1) is 16.4 Å². The molecule has 154 valence electrons. The van der Waals surface area contributed by atoms with Gasteiger partial charge in [-0.25, -0.2) is 8.42 Å². The average molecular weight is 434 g/mol. The molecule has 0 aliphatic carbocycles. The molecule has 1 atom stereocenters. The molecule has 2 aromatic rings. The number of anilines is 1. The number of thiophene rings is 1. The van der Waals surface area contributed by atoms with Crippen LogP contribution in [0.2, 0.25) is 0 Å². The first-order valence-electron chi connectivity index (χ1n) is 9.60. The van der Waals surface area contributed by atoms with Gasteiger partial charge in [0.2, 0.25) is 0 Å². The Morgan fingerprint density at radius 2 is 1.86 bits per heavy atom. The highest BCUT2D eigenvalue weighted by Gasteiger charge is 2.34. The Kier molecular flexibility index (Phi) is 5.71. The molecule has 0 saturated carbocycles. The van der Waals surface area contributed by atoms with Crippen molar-refractivity contribution in [3.05, 3.63) is 52.2 Å². The zero-order chi connectivity index (χ0) is 20.4. The maximum Gasteiger partial charge on any atom is 0.265 e. The third kappa shape index (κ3) is 4.68. The van der Waals surface area contributed by atoms with Crippen LogP contribution in [-0.4, -0.2) is 73.8 Å². The van der Waals surface area contributed by atoms with Gasteiger partial charge in [0.1, 0.15) is 0 Å². The van der Waals surface area contributed by atoms with Crippen molar-refractivity contribution in [2.75, 3.05) is 43.0 Å². The van der Waals surface area contributed by atoms with Crippen molar-refractivity contribution in [2.45, 2.75) is 12.5 Å². The number of piperazine rings is 1. The number of hydrogen-bond donors (Lipinski definition) is 1. The number of amides is 2. The molecule has 4 rings (SSSR count). The van der Waals surface area contributed by atoms with Crippen LogP contribution in [-0.2, 0) is 9.84 Å². The summed E-state index contributed by atoms with van der Waals surface area (Å²) in [5.41, 5.74) is 1.12. The van der Waals surface area contributed by atoms with Crippen LogP contribution in [0, 0.1) is 0 Å². The van der Waals surface area contributed by atoms with Crippen molar-refractivity contribution >= 4 is 38.7 Å². The Bertz CT molecular complexity index is 996. The molecule has 7 nitrogen and oxygen atoms in total. The molecule has 1 aromatic carbocycles. The van der Waals surface area contributed by atoms with Gasteiger partial charge in [-0.05, 0) is 36.1 Å². The van der Waals surface area contributed by atoms with Gasteiger partial charge in [-0.1, -0.05) is 12.1 Å². The van der Waals surface area contributed by atoms with Gasteiger partial charge in [-0.2, -0.15) is 0 Å². The number of hydrogen-bond acceptors (Lipinski definition) is 6. The maximum atomic E-state index is 12.9. The van der Waals surface area contributed by atoms with Crippen molar-refractivity contribution < 1.29 is 18.0 Å². The number of benzene rings is 1. The monoisotopic (exact) mass is 433 g/mol. The first-order valence-corrected chi connectivity index (χ1v) is 12.3. The number of nitrogens with one attached hydrogen (secondary N) is 1. The SMILES string of the molecule is O=C(Nc1cccc(C(=O)N2CCN([C@H]3CCS(=O)(=O)C3)CC2)c1)c1cccs1. The molecule has 29 heavy (non-hydrogen) atoms. The largest absolute Gasteiger partial charge is 0.336 e. The van der Waals surface area contributed by atoms with Crippen molar-refractivity contribution in [3.63, 3.8) is 0 Å². The lowest BCUT2D eigenvalue weighted by atomic mass is 10.1. The van der Waals surface area contributed by atoms with E-state index in [0.717, 1.165) is 0 Å². The van der Waals surface area contributed by atoms with Crippen molar-refractivity contribution in [1.29, 1.82) is 0 Å². The van der Waals surface area contributed by atoms with Crippen LogP contribution in [0.1, 0.15) is 26.5 Å². The van der Waals surface area contributed by atoms with E-state index in [1.807, 2.05) is 11.4 Å². The zero-order valence-corrected chi connectivity index (χ0v) is 17.5. The van der Waals surface area contributed by atoms with E-state index >= 15 is 0 Å². The predicted octanol–water partition coefficient (Wildman–Crippen LogP) is 1.95. The van der Waals surface area contributed by atoms with E-state index in [1.54, 1.807) is 35.2 Å². The molecule has 2 saturated heterocycles. The summed E-state index contributed by atoms with van der Waals surface area (Å²) >= 11 is 1.36. The minimum Gasteiger partial charge on any atom is -0.336 e. The number of rotatable bonds is 4. The Labute approximate surface area is 174 Å². The quantitative estimate of drug-likeness (QED) is 0.796. The van der Waals surface area contributed by atoms with Crippen LogP contribution in [0.15, 0.2) is 41.8 Å². The third-order valence-electron chi connectivity index (χ3n) is 5.44. The standard InChI is InChI=1S/C20H23N3O4S2/c24-19(18-5-2-11-28-18)21-16-4-1-3-15(13-16)20(25)23-9-7-22(8-10-23)17-6-12-29(26,27)14-17/h1-5,11,13,17H,6-10,12,14H2,(H,21,24)/t17-/m0/s1. The van der Waals surface area contributed by atoms with Gasteiger partial charge in [0.25, 0.3) is 11.8 Å². The van der Waals surface area contributed by atoms with Crippen LogP contribution in [0.3, 0.4) is 0 Å². The number of sulfone groups is 1. The zero-order valence-electron chi connectivity index (χ0n) is 15.9. The fourth-order valence-corrected chi connectivity index (χ4v) is 6.25. The molecule has 0 spiro atoms. The summed E-state index contributed by atoms with van der Waals surface area (Å²) in [5.74, 6) is 0.230.